The Morgan fingerprint density at radius 3 is 2.33 bits per heavy atom. The normalized spacial score (nSPS) is 9.78. The van der Waals surface area contributed by atoms with Gasteiger partial charge < -0.3 is 4.74 Å². The largest absolute Gasteiger partial charge is 0.496 e. The molecule has 2 aromatic carbocycles. The van der Waals surface area contributed by atoms with Crippen LogP contribution in [0.2, 0.25) is 0 Å². The van der Waals surface area contributed by atoms with Crippen LogP contribution in [0.3, 0.4) is 0 Å². The summed E-state index contributed by atoms with van der Waals surface area (Å²) in [5, 5.41) is 8.63. The zero-order valence-electron chi connectivity index (χ0n) is 10.4. The predicted octanol–water partition coefficient (Wildman–Crippen LogP) is 3.35. The molecule has 0 aliphatic heterocycles. The third-order valence-electron chi connectivity index (χ3n) is 2.89. The van der Waals surface area contributed by atoms with Crippen molar-refractivity contribution in [2.75, 3.05) is 7.11 Å². The molecule has 0 atom stereocenters. The molecule has 2 rings (SSSR count). The van der Waals surface area contributed by atoms with Gasteiger partial charge in [-0.3, -0.25) is 0 Å². The van der Waals surface area contributed by atoms with Gasteiger partial charge in [-0.25, -0.2) is 0 Å². The Labute approximate surface area is 107 Å². The highest BCUT2D eigenvalue weighted by atomic mass is 16.5. The SMILES string of the molecule is COc1ccccc1Cc1ccc(CC#N)cc1. The standard InChI is InChI=1S/C16H15NO/c1-18-16-5-3-2-4-15(16)12-14-8-6-13(7-9-14)10-11-17/h2-9H,10,12H2,1H3. The second-order valence-electron chi connectivity index (χ2n) is 4.14. The summed E-state index contributed by atoms with van der Waals surface area (Å²) in [6.45, 7) is 0. The van der Waals surface area contributed by atoms with Crippen LogP contribution in [-0.4, -0.2) is 7.11 Å². The summed E-state index contributed by atoms with van der Waals surface area (Å²) in [5.74, 6) is 0.915. The molecule has 2 nitrogen and oxygen atoms in total. The van der Waals surface area contributed by atoms with Crippen molar-refractivity contribution in [1.29, 1.82) is 5.26 Å². The van der Waals surface area contributed by atoms with E-state index in [4.69, 9.17) is 10.00 Å². The summed E-state index contributed by atoms with van der Waals surface area (Å²) in [6.07, 6.45) is 1.31. The fourth-order valence-electron chi connectivity index (χ4n) is 1.94. The smallest absolute Gasteiger partial charge is 0.122 e. The molecule has 0 unspecified atom stereocenters. The first-order valence-corrected chi connectivity index (χ1v) is 5.90. The van der Waals surface area contributed by atoms with Crippen LogP contribution in [0.25, 0.3) is 0 Å². The number of nitriles is 1. The van der Waals surface area contributed by atoms with Gasteiger partial charge in [0.15, 0.2) is 0 Å². The van der Waals surface area contributed by atoms with Crippen molar-refractivity contribution in [3.05, 3.63) is 65.2 Å². The fraction of sp³-hybridized carbons (Fsp3) is 0.188. The first-order chi connectivity index (χ1) is 8.83. The third-order valence-corrected chi connectivity index (χ3v) is 2.89. The highest BCUT2D eigenvalue weighted by Gasteiger charge is 2.03. The lowest BCUT2D eigenvalue weighted by Gasteiger charge is -2.08. The van der Waals surface area contributed by atoms with Crippen molar-refractivity contribution in [3.8, 4) is 11.8 Å². The number of para-hydroxylation sites is 1. The molecule has 0 aromatic heterocycles. The van der Waals surface area contributed by atoms with E-state index in [2.05, 4.69) is 24.3 Å². The molecule has 0 heterocycles. The maximum absolute atomic E-state index is 8.63. The van der Waals surface area contributed by atoms with Gasteiger partial charge in [-0.1, -0.05) is 42.5 Å². The number of hydrogen-bond donors (Lipinski definition) is 0. The molecule has 90 valence electrons. The molecule has 0 spiro atoms. The van der Waals surface area contributed by atoms with Crippen molar-refractivity contribution in [1.82, 2.24) is 0 Å². The predicted molar refractivity (Wildman–Crippen MR) is 71.6 cm³/mol. The minimum Gasteiger partial charge on any atom is -0.496 e. The van der Waals surface area contributed by atoms with Gasteiger partial charge in [-0.05, 0) is 22.8 Å². The monoisotopic (exact) mass is 237 g/mol. The molecule has 0 N–H and O–H groups in total. The van der Waals surface area contributed by atoms with Crippen LogP contribution in [0.4, 0.5) is 0 Å². The molecule has 0 aliphatic rings. The van der Waals surface area contributed by atoms with Crippen molar-refractivity contribution >= 4 is 0 Å². The van der Waals surface area contributed by atoms with Crippen LogP contribution in [0.15, 0.2) is 48.5 Å². The van der Waals surface area contributed by atoms with Gasteiger partial charge in [0, 0.05) is 6.42 Å². The van der Waals surface area contributed by atoms with E-state index in [1.807, 2.05) is 30.3 Å². The number of benzene rings is 2. The van der Waals surface area contributed by atoms with Crippen molar-refractivity contribution in [2.24, 2.45) is 0 Å². The zero-order valence-corrected chi connectivity index (χ0v) is 10.4. The minimum absolute atomic E-state index is 0.467. The van der Waals surface area contributed by atoms with Gasteiger partial charge in [-0.15, -0.1) is 0 Å². The fourth-order valence-corrected chi connectivity index (χ4v) is 1.94. The van der Waals surface area contributed by atoms with E-state index in [1.54, 1.807) is 7.11 Å². The lowest BCUT2D eigenvalue weighted by Crippen LogP contribution is -1.93. The Bertz CT molecular complexity index is 552. The van der Waals surface area contributed by atoms with E-state index in [-0.39, 0.29) is 0 Å². The second kappa shape index (κ2) is 5.88. The Morgan fingerprint density at radius 1 is 1.00 bits per heavy atom. The molecular formula is C16H15NO. The summed E-state index contributed by atoms with van der Waals surface area (Å²) in [6, 6.07) is 18.3. The van der Waals surface area contributed by atoms with E-state index in [0.29, 0.717) is 6.42 Å². The van der Waals surface area contributed by atoms with Crippen LogP contribution in [-0.2, 0) is 12.8 Å². The summed E-state index contributed by atoms with van der Waals surface area (Å²) in [4.78, 5) is 0. The summed E-state index contributed by atoms with van der Waals surface area (Å²) >= 11 is 0. The van der Waals surface area contributed by atoms with E-state index in [0.717, 1.165) is 17.7 Å². The maximum atomic E-state index is 8.63. The topological polar surface area (TPSA) is 33.0 Å². The van der Waals surface area contributed by atoms with Gasteiger partial charge in [0.25, 0.3) is 0 Å². The number of nitrogens with zero attached hydrogens (tertiary/aromatic N) is 1. The molecule has 2 heteroatoms. The van der Waals surface area contributed by atoms with Gasteiger partial charge in [0.1, 0.15) is 5.75 Å². The van der Waals surface area contributed by atoms with E-state index >= 15 is 0 Å². The van der Waals surface area contributed by atoms with Crippen LogP contribution in [0.5, 0.6) is 5.75 Å². The van der Waals surface area contributed by atoms with Crippen LogP contribution < -0.4 is 4.74 Å². The lowest BCUT2D eigenvalue weighted by molar-refractivity contribution is 0.410. The van der Waals surface area contributed by atoms with Crippen molar-refractivity contribution in [3.63, 3.8) is 0 Å². The molecule has 18 heavy (non-hydrogen) atoms. The van der Waals surface area contributed by atoms with Crippen molar-refractivity contribution < 1.29 is 4.74 Å². The average molecular weight is 237 g/mol. The molecule has 0 saturated heterocycles. The summed E-state index contributed by atoms with van der Waals surface area (Å²) in [7, 11) is 1.69. The highest BCUT2D eigenvalue weighted by molar-refractivity contribution is 5.38. The molecule has 0 radical (unpaired) electrons. The molecule has 0 aliphatic carbocycles. The Morgan fingerprint density at radius 2 is 1.67 bits per heavy atom. The average Bonchev–Trinajstić information content (AvgIpc) is 2.42. The summed E-state index contributed by atoms with van der Waals surface area (Å²) < 4.78 is 5.34. The number of hydrogen-bond acceptors (Lipinski definition) is 2. The number of ether oxygens (including phenoxy) is 1. The van der Waals surface area contributed by atoms with Crippen LogP contribution in [0.1, 0.15) is 16.7 Å². The third kappa shape index (κ3) is 2.89. The van der Waals surface area contributed by atoms with Crippen molar-refractivity contribution in [2.45, 2.75) is 12.8 Å². The lowest BCUT2D eigenvalue weighted by atomic mass is 10.0. The van der Waals surface area contributed by atoms with E-state index < -0.39 is 0 Å². The maximum Gasteiger partial charge on any atom is 0.122 e. The van der Waals surface area contributed by atoms with E-state index in [9.17, 15) is 0 Å². The van der Waals surface area contributed by atoms with E-state index in [1.165, 1.54) is 11.1 Å². The molecule has 0 amide bonds. The quantitative estimate of drug-likeness (QED) is 0.817. The Kier molecular flexibility index (Phi) is 3.98. The Hall–Kier alpha value is -2.27. The number of rotatable bonds is 4. The minimum atomic E-state index is 0.467. The summed E-state index contributed by atoms with van der Waals surface area (Å²) in [5.41, 5.74) is 3.45. The van der Waals surface area contributed by atoms with Gasteiger partial charge >= 0.3 is 0 Å². The molecule has 2 aromatic rings. The first kappa shape index (κ1) is 12.2. The van der Waals surface area contributed by atoms with Gasteiger partial charge in [-0.2, -0.15) is 5.26 Å². The van der Waals surface area contributed by atoms with Gasteiger partial charge in [0.05, 0.1) is 19.6 Å². The number of methoxy groups -OCH3 is 1. The highest BCUT2D eigenvalue weighted by Crippen LogP contribution is 2.21. The van der Waals surface area contributed by atoms with Gasteiger partial charge in [0.2, 0.25) is 0 Å². The Balaban J connectivity index is 2.16. The second-order valence-corrected chi connectivity index (χ2v) is 4.14. The molecular weight excluding hydrogens is 222 g/mol. The molecule has 0 saturated carbocycles. The van der Waals surface area contributed by atoms with Crippen LogP contribution >= 0.6 is 0 Å². The van der Waals surface area contributed by atoms with Crippen LogP contribution in [0, 0.1) is 11.3 Å². The zero-order chi connectivity index (χ0) is 12.8. The molecule has 0 fully saturated rings. The molecule has 0 bridgehead atoms. The first-order valence-electron chi connectivity index (χ1n) is 5.90.